The van der Waals surface area contributed by atoms with Crippen molar-refractivity contribution in [1.82, 2.24) is 4.90 Å². The Hall–Kier alpha value is -0.700. The minimum Gasteiger partial charge on any atom is -0.299 e. The topological polar surface area (TPSA) is 37.4 Å². The molecule has 4 unspecified atom stereocenters. The van der Waals surface area contributed by atoms with E-state index in [-0.39, 0.29) is 11.8 Å². The number of fused-ring (bicyclic) bond motifs is 2. The molecule has 3 heteroatoms. The van der Waals surface area contributed by atoms with Gasteiger partial charge in [-0.1, -0.05) is 0 Å². The Morgan fingerprint density at radius 2 is 1.41 bits per heavy atom. The number of likely N-dealkylation sites (tertiary alicyclic amines) is 1. The maximum atomic E-state index is 12.0. The fourth-order valence-electron chi connectivity index (χ4n) is 4.24. The molecule has 3 nitrogen and oxygen atoms in total. The van der Waals surface area contributed by atoms with Crippen molar-refractivity contribution in [2.24, 2.45) is 11.8 Å². The number of carbonyl (C=O) groups is 2. The molecule has 0 aromatic carbocycles. The van der Waals surface area contributed by atoms with E-state index in [1.807, 2.05) is 0 Å². The van der Waals surface area contributed by atoms with Gasteiger partial charge in [0.25, 0.3) is 0 Å². The molecular formula is C14H21NO2. The summed E-state index contributed by atoms with van der Waals surface area (Å²) in [6, 6.07) is 0.840. The number of piperidine rings is 1. The van der Waals surface area contributed by atoms with Crippen LogP contribution >= 0.6 is 0 Å². The number of hydrogen-bond acceptors (Lipinski definition) is 3. The van der Waals surface area contributed by atoms with Crippen molar-refractivity contribution >= 4 is 11.6 Å². The molecule has 3 rings (SSSR count). The molecule has 94 valence electrons. The van der Waals surface area contributed by atoms with E-state index >= 15 is 0 Å². The van der Waals surface area contributed by atoms with Gasteiger partial charge in [0.2, 0.25) is 0 Å². The maximum Gasteiger partial charge on any atom is 0.137 e. The summed E-state index contributed by atoms with van der Waals surface area (Å²) in [6.07, 6.45) is 6.68. The largest absolute Gasteiger partial charge is 0.299 e. The van der Waals surface area contributed by atoms with E-state index in [1.54, 1.807) is 0 Å². The van der Waals surface area contributed by atoms with Crippen LogP contribution in [0.15, 0.2) is 0 Å². The summed E-state index contributed by atoms with van der Waals surface area (Å²) in [7, 11) is 2.13. The number of ketones is 2. The van der Waals surface area contributed by atoms with Gasteiger partial charge < -0.3 is 0 Å². The average Bonchev–Trinajstić information content (AvgIpc) is 2.32. The fraction of sp³-hybridized carbons (Fsp3) is 0.857. The second-order valence-electron chi connectivity index (χ2n) is 5.97. The summed E-state index contributed by atoms with van der Waals surface area (Å²) in [5.74, 6) is 1.11. The zero-order valence-corrected chi connectivity index (χ0v) is 10.5. The van der Waals surface area contributed by atoms with Crippen LogP contribution in [0.4, 0.5) is 0 Å². The smallest absolute Gasteiger partial charge is 0.137 e. The second-order valence-corrected chi connectivity index (χ2v) is 5.97. The van der Waals surface area contributed by atoms with Crippen molar-refractivity contribution in [3.05, 3.63) is 0 Å². The van der Waals surface area contributed by atoms with Crippen LogP contribution in [0, 0.1) is 11.8 Å². The summed E-state index contributed by atoms with van der Waals surface area (Å²) in [4.78, 5) is 26.4. The SMILES string of the molecule is CN1C2CCCC(=O)C2CC2C(=O)CCCC21. The lowest BCUT2D eigenvalue weighted by Gasteiger charge is -2.50. The van der Waals surface area contributed by atoms with Gasteiger partial charge in [-0.15, -0.1) is 0 Å². The molecule has 0 spiro atoms. The Labute approximate surface area is 103 Å². The minimum absolute atomic E-state index is 0.150. The quantitative estimate of drug-likeness (QED) is 0.642. The number of Topliss-reactive ketones (excluding diaryl/α,β-unsaturated/α-hetero) is 2. The van der Waals surface area contributed by atoms with Crippen LogP contribution in [-0.2, 0) is 9.59 Å². The van der Waals surface area contributed by atoms with Crippen molar-refractivity contribution < 1.29 is 9.59 Å². The third-order valence-electron chi connectivity index (χ3n) is 5.16. The molecule has 1 heterocycles. The summed E-state index contributed by atoms with van der Waals surface area (Å²) in [5.41, 5.74) is 0. The monoisotopic (exact) mass is 235 g/mol. The van der Waals surface area contributed by atoms with Crippen LogP contribution in [-0.4, -0.2) is 35.6 Å². The summed E-state index contributed by atoms with van der Waals surface area (Å²) in [6.45, 7) is 0. The van der Waals surface area contributed by atoms with Crippen LogP contribution in [0.25, 0.3) is 0 Å². The Morgan fingerprint density at radius 3 is 1.88 bits per heavy atom. The van der Waals surface area contributed by atoms with E-state index in [0.29, 0.717) is 23.7 Å². The molecule has 3 aliphatic rings. The number of hydrogen-bond donors (Lipinski definition) is 0. The molecular weight excluding hydrogens is 214 g/mol. The molecule has 0 aromatic rings. The lowest BCUT2D eigenvalue weighted by molar-refractivity contribution is -0.140. The van der Waals surface area contributed by atoms with Crippen molar-refractivity contribution in [1.29, 1.82) is 0 Å². The van der Waals surface area contributed by atoms with Crippen molar-refractivity contribution in [2.45, 2.75) is 57.0 Å². The van der Waals surface area contributed by atoms with Crippen LogP contribution in [0.3, 0.4) is 0 Å². The third-order valence-corrected chi connectivity index (χ3v) is 5.16. The zero-order valence-electron chi connectivity index (χ0n) is 10.5. The molecule has 0 aromatic heterocycles. The van der Waals surface area contributed by atoms with Crippen LogP contribution in [0.2, 0.25) is 0 Å². The van der Waals surface area contributed by atoms with Gasteiger partial charge >= 0.3 is 0 Å². The van der Waals surface area contributed by atoms with Crippen LogP contribution in [0.5, 0.6) is 0 Å². The Kier molecular flexibility index (Phi) is 2.81. The van der Waals surface area contributed by atoms with E-state index < -0.39 is 0 Å². The van der Waals surface area contributed by atoms with E-state index in [1.165, 1.54) is 0 Å². The highest BCUT2D eigenvalue weighted by Gasteiger charge is 2.47. The molecule has 17 heavy (non-hydrogen) atoms. The average molecular weight is 235 g/mol. The maximum absolute atomic E-state index is 12.0. The van der Waals surface area contributed by atoms with Gasteiger partial charge in [-0.05, 0) is 39.2 Å². The standard InChI is InChI=1S/C14H21NO2/c1-15-11-4-2-6-13(16)9(11)8-10-12(15)5-3-7-14(10)17/h9-12H,2-8H2,1H3. The molecule has 0 N–H and O–H groups in total. The Morgan fingerprint density at radius 1 is 0.941 bits per heavy atom. The number of nitrogens with zero attached hydrogens (tertiary/aromatic N) is 1. The van der Waals surface area contributed by atoms with E-state index in [2.05, 4.69) is 11.9 Å². The van der Waals surface area contributed by atoms with E-state index in [9.17, 15) is 9.59 Å². The first kappa shape index (κ1) is 11.4. The Bertz CT molecular complexity index is 320. The molecule has 0 amide bonds. The van der Waals surface area contributed by atoms with Gasteiger partial charge in [0, 0.05) is 36.8 Å². The number of rotatable bonds is 0. The van der Waals surface area contributed by atoms with Gasteiger partial charge in [0.1, 0.15) is 11.6 Å². The third kappa shape index (κ3) is 1.75. The Balaban J connectivity index is 1.87. The normalized spacial score (nSPS) is 43.1. The molecule has 2 saturated carbocycles. The predicted molar refractivity (Wildman–Crippen MR) is 64.7 cm³/mol. The summed E-state index contributed by atoms with van der Waals surface area (Å²) >= 11 is 0. The van der Waals surface area contributed by atoms with Crippen LogP contribution < -0.4 is 0 Å². The molecule has 0 bridgehead atoms. The van der Waals surface area contributed by atoms with Gasteiger partial charge in [0.15, 0.2) is 0 Å². The zero-order chi connectivity index (χ0) is 12.0. The highest BCUT2D eigenvalue weighted by Crippen LogP contribution is 2.42. The van der Waals surface area contributed by atoms with Gasteiger partial charge in [-0.3, -0.25) is 14.5 Å². The molecule has 1 aliphatic heterocycles. The first-order chi connectivity index (χ1) is 8.18. The first-order valence-corrected chi connectivity index (χ1v) is 6.96. The summed E-state index contributed by atoms with van der Waals surface area (Å²) < 4.78 is 0. The van der Waals surface area contributed by atoms with Crippen molar-refractivity contribution in [3.63, 3.8) is 0 Å². The number of carbonyl (C=O) groups excluding carboxylic acids is 2. The van der Waals surface area contributed by atoms with Gasteiger partial charge in [-0.2, -0.15) is 0 Å². The molecule has 4 atom stereocenters. The molecule has 3 fully saturated rings. The highest BCUT2D eigenvalue weighted by atomic mass is 16.1. The predicted octanol–water partition coefficient (Wildman–Crippen LogP) is 1.80. The van der Waals surface area contributed by atoms with Crippen LogP contribution in [0.1, 0.15) is 44.9 Å². The van der Waals surface area contributed by atoms with E-state index in [0.717, 1.165) is 44.9 Å². The summed E-state index contributed by atoms with van der Waals surface area (Å²) in [5, 5.41) is 0. The lowest BCUT2D eigenvalue weighted by Crippen LogP contribution is -2.58. The minimum atomic E-state index is 0.150. The molecule has 0 radical (unpaired) electrons. The van der Waals surface area contributed by atoms with Gasteiger partial charge in [0.05, 0.1) is 0 Å². The second kappa shape index (κ2) is 4.20. The van der Waals surface area contributed by atoms with E-state index in [4.69, 9.17) is 0 Å². The highest BCUT2D eigenvalue weighted by molar-refractivity contribution is 5.86. The van der Waals surface area contributed by atoms with Crippen molar-refractivity contribution in [2.75, 3.05) is 7.05 Å². The molecule has 2 aliphatic carbocycles. The molecule has 1 saturated heterocycles. The lowest BCUT2D eigenvalue weighted by atomic mass is 9.67. The van der Waals surface area contributed by atoms with Gasteiger partial charge in [-0.25, -0.2) is 0 Å². The van der Waals surface area contributed by atoms with Crippen molar-refractivity contribution in [3.8, 4) is 0 Å². The first-order valence-electron chi connectivity index (χ1n) is 6.96. The fourth-order valence-corrected chi connectivity index (χ4v) is 4.24.